The summed E-state index contributed by atoms with van der Waals surface area (Å²) in [6, 6.07) is 8.01. The third-order valence-electron chi connectivity index (χ3n) is 10.1. The maximum Gasteiger partial charge on any atom is 0.264 e. The van der Waals surface area contributed by atoms with E-state index < -0.39 is 34.8 Å². The zero-order valence-corrected chi connectivity index (χ0v) is 33.9. The third-order valence-corrected chi connectivity index (χ3v) is 25.8. The first-order chi connectivity index (χ1) is 20.6. The lowest BCUT2D eigenvalue weighted by Crippen LogP contribution is -2.38. The average Bonchev–Trinajstić information content (AvgIpc) is 2.83. The Labute approximate surface area is 281 Å². The monoisotopic (exact) mass is 720 g/mol. The summed E-state index contributed by atoms with van der Waals surface area (Å²) in [6.45, 7) is 27.7. The minimum absolute atomic E-state index is 0.0655. The van der Waals surface area contributed by atoms with Gasteiger partial charge in [0.05, 0.1) is 55.5 Å². The number of aromatic nitrogens is 2. The van der Waals surface area contributed by atoms with Crippen LogP contribution in [0.2, 0.25) is 0 Å². The number of benzene rings is 1. The first-order valence-electron chi connectivity index (χ1n) is 16.4. The van der Waals surface area contributed by atoms with Crippen LogP contribution in [0.3, 0.4) is 0 Å². The minimum Gasteiger partial charge on any atom is -0.286 e. The van der Waals surface area contributed by atoms with Crippen molar-refractivity contribution in [1.29, 1.82) is 0 Å². The van der Waals surface area contributed by atoms with Gasteiger partial charge in [0.15, 0.2) is 0 Å². The highest BCUT2D eigenvalue weighted by molar-refractivity contribution is 7.86. The third kappa shape index (κ3) is 10.4. The molecule has 1 aromatic carbocycles. The maximum absolute atomic E-state index is 11.6. The summed E-state index contributed by atoms with van der Waals surface area (Å²) in [4.78, 5) is 10.7. The Bertz CT molecular complexity index is 1400. The quantitative estimate of drug-likeness (QED) is 0.112. The molecule has 0 bridgehead atoms. The van der Waals surface area contributed by atoms with E-state index in [1.807, 2.05) is 24.3 Å². The Morgan fingerprint density at radius 2 is 0.826 bits per heavy atom. The van der Waals surface area contributed by atoms with Gasteiger partial charge in [-0.25, -0.2) is 9.97 Å². The summed E-state index contributed by atoms with van der Waals surface area (Å²) in [6.07, 6.45) is 5.52. The van der Waals surface area contributed by atoms with Crippen molar-refractivity contribution in [2.75, 3.05) is 23.8 Å². The van der Waals surface area contributed by atoms with E-state index in [1.165, 1.54) is 0 Å². The molecule has 8 nitrogen and oxygen atoms in total. The maximum atomic E-state index is 11.6. The molecular weight excluding hydrogens is 658 g/mol. The van der Waals surface area contributed by atoms with E-state index in [1.54, 1.807) is 0 Å². The van der Waals surface area contributed by atoms with Gasteiger partial charge >= 0.3 is 0 Å². The molecule has 264 valence electrons. The summed E-state index contributed by atoms with van der Waals surface area (Å²) in [5.41, 5.74) is 3.75. The highest BCUT2D eigenvalue weighted by Crippen LogP contribution is 2.80. The molecule has 0 unspecified atom stereocenters. The van der Waals surface area contributed by atoms with Gasteiger partial charge in [0.1, 0.15) is 23.7 Å². The van der Waals surface area contributed by atoms with Crippen LogP contribution in [0.25, 0.3) is 11.0 Å². The molecule has 46 heavy (non-hydrogen) atoms. The first-order valence-corrected chi connectivity index (χ1v) is 24.0. The Balaban J connectivity index is 2.80. The van der Waals surface area contributed by atoms with Gasteiger partial charge in [-0.05, 0) is 121 Å². The Hall–Kier alpha value is -0.760. The van der Waals surface area contributed by atoms with Gasteiger partial charge in [-0.1, -0.05) is 12.1 Å². The van der Waals surface area contributed by atoms with E-state index in [9.17, 15) is 25.9 Å². The van der Waals surface area contributed by atoms with E-state index in [0.29, 0.717) is 25.7 Å². The summed E-state index contributed by atoms with van der Waals surface area (Å²) in [7, 11) is -11.9. The molecule has 1 aromatic heterocycles. The minimum atomic E-state index is -4.02. The molecule has 0 fully saturated rings. The molecule has 2 rings (SSSR count). The number of nitrogens with zero attached hydrogens (tertiary/aromatic N) is 2. The number of rotatable bonds is 14. The predicted molar refractivity (Wildman–Crippen MR) is 201 cm³/mol. The summed E-state index contributed by atoms with van der Waals surface area (Å²) in [5, 5.41) is -0.262. The van der Waals surface area contributed by atoms with E-state index in [-0.39, 0.29) is 32.1 Å². The SMILES string of the molecule is CC(C)(C)[P+](CCCCS(=O)(=O)O)(Cc1nc2ccccc2nc1C[P+](CCCCS(=O)(=O)O)(C(C)(C)C)C(C)(C)C)C(C)(C)C. The van der Waals surface area contributed by atoms with Gasteiger partial charge in [-0.2, -0.15) is 16.8 Å². The van der Waals surface area contributed by atoms with Crippen LogP contribution in [0.5, 0.6) is 0 Å². The Kier molecular flexibility index (Phi) is 13.2. The average molecular weight is 721 g/mol. The van der Waals surface area contributed by atoms with E-state index in [0.717, 1.165) is 47.1 Å². The molecule has 2 aromatic rings. The molecule has 0 saturated heterocycles. The van der Waals surface area contributed by atoms with Gasteiger partial charge < -0.3 is 0 Å². The van der Waals surface area contributed by atoms with Gasteiger partial charge in [0.25, 0.3) is 20.2 Å². The van der Waals surface area contributed by atoms with Crippen molar-refractivity contribution >= 4 is 45.8 Å². The smallest absolute Gasteiger partial charge is 0.264 e. The highest BCUT2D eigenvalue weighted by Gasteiger charge is 2.60. The standard InChI is InChI=1S/C34H60N2O6P2S2/c1-31(2,3)43(32(4,5)6,21-15-17-23-45(37,38)39)25-29-30(36-28-20-14-13-19-27(28)35-29)26-44(33(7,8)9,34(10,11)12)22-16-18-24-46(40,41)42/h13-14,19-20H,15-18,21-26H2,1-12H3/p+2. The predicted octanol–water partition coefficient (Wildman–Crippen LogP) is 9.20. The fourth-order valence-corrected chi connectivity index (χ4v) is 20.7. The van der Waals surface area contributed by atoms with Crippen molar-refractivity contribution in [2.45, 2.75) is 142 Å². The molecular formula is C34H62N2O6P2S2+2. The van der Waals surface area contributed by atoms with Crippen LogP contribution in [0, 0.1) is 0 Å². The van der Waals surface area contributed by atoms with Crippen LogP contribution in [-0.2, 0) is 32.6 Å². The molecule has 0 radical (unpaired) electrons. The van der Waals surface area contributed by atoms with Gasteiger partial charge in [0, 0.05) is 14.5 Å². The number of hydrogen-bond donors (Lipinski definition) is 2. The zero-order valence-electron chi connectivity index (χ0n) is 30.5. The van der Waals surface area contributed by atoms with Crippen molar-refractivity contribution < 1.29 is 25.9 Å². The number of para-hydroxylation sites is 2. The van der Waals surface area contributed by atoms with Crippen molar-refractivity contribution in [2.24, 2.45) is 0 Å². The summed E-state index contributed by atoms with van der Waals surface area (Å²) in [5.74, 6) is -0.464. The van der Waals surface area contributed by atoms with Gasteiger partial charge in [-0.15, -0.1) is 0 Å². The Morgan fingerprint density at radius 3 is 1.07 bits per heavy atom. The molecule has 1 heterocycles. The lowest BCUT2D eigenvalue weighted by atomic mass is 10.2. The first kappa shape index (κ1) is 41.4. The second-order valence-corrected chi connectivity index (χ2v) is 30.9. The summed E-state index contributed by atoms with van der Waals surface area (Å²) < 4.78 is 65.1. The number of unbranched alkanes of at least 4 members (excludes halogenated alkanes) is 2. The summed E-state index contributed by atoms with van der Waals surface area (Å²) >= 11 is 0. The molecule has 0 aliphatic carbocycles. The van der Waals surface area contributed by atoms with E-state index in [2.05, 4.69) is 83.1 Å². The zero-order chi connectivity index (χ0) is 35.6. The number of fused-ring (bicyclic) bond motifs is 1. The fraction of sp³-hybridized carbons (Fsp3) is 0.765. The number of hydrogen-bond acceptors (Lipinski definition) is 6. The molecule has 0 aliphatic rings. The second kappa shape index (κ2) is 14.6. The van der Waals surface area contributed by atoms with E-state index >= 15 is 0 Å². The lowest BCUT2D eigenvalue weighted by molar-refractivity contribution is 0.478. The molecule has 12 heteroatoms. The molecule has 0 amide bonds. The second-order valence-electron chi connectivity index (χ2n) is 17.0. The molecule has 0 atom stereocenters. The molecule has 0 saturated carbocycles. The molecule has 0 spiro atoms. The van der Waals surface area contributed by atoms with Crippen LogP contribution in [-0.4, -0.2) is 80.4 Å². The van der Waals surface area contributed by atoms with Crippen molar-refractivity contribution in [3.05, 3.63) is 35.7 Å². The normalized spacial score (nSPS) is 14.7. The van der Waals surface area contributed by atoms with E-state index in [4.69, 9.17) is 9.97 Å². The van der Waals surface area contributed by atoms with Crippen molar-refractivity contribution in [1.82, 2.24) is 9.97 Å². The van der Waals surface area contributed by atoms with Crippen molar-refractivity contribution in [3.63, 3.8) is 0 Å². The van der Waals surface area contributed by atoms with Crippen molar-refractivity contribution in [3.8, 4) is 0 Å². The van der Waals surface area contributed by atoms with Crippen LogP contribution in [0.4, 0.5) is 0 Å². The Morgan fingerprint density at radius 1 is 0.543 bits per heavy atom. The highest BCUT2D eigenvalue weighted by atomic mass is 32.2. The fourth-order valence-electron chi connectivity index (χ4n) is 7.63. The molecule has 0 aliphatic heterocycles. The van der Waals surface area contributed by atoms with Crippen LogP contribution >= 0.6 is 14.5 Å². The van der Waals surface area contributed by atoms with Crippen LogP contribution < -0.4 is 0 Å². The van der Waals surface area contributed by atoms with Crippen LogP contribution in [0.15, 0.2) is 24.3 Å². The lowest BCUT2D eigenvalue weighted by Gasteiger charge is -2.48. The van der Waals surface area contributed by atoms with Gasteiger partial charge in [-0.3, -0.25) is 9.11 Å². The largest absolute Gasteiger partial charge is 0.286 e. The molecule has 2 N–H and O–H groups in total. The van der Waals surface area contributed by atoms with Crippen LogP contribution in [0.1, 0.15) is 120 Å². The topological polar surface area (TPSA) is 135 Å². The van der Waals surface area contributed by atoms with Gasteiger partial charge in [0.2, 0.25) is 0 Å².